The van der Waals surface area contributed by atoms with Crippen molar-refractivity contribution in [3.63, 3.8) is 0 Å². The number of carbonyl (C=O) groups excluding carboxylic acids is 1. The van der Waals surface area contributed by atoms with Gasteiger partial charge in [-0.2, -0.15) is 0 Å². The van der Waals surface area contributed by atoms with Crippen molar-refractivity contribution in [3.05, 3.63) is 0 Å². The first-order valence-electron chi connectivity index (χ1n) is 7.09. The van der Waals surface area contributed by atoms with Crippen LogP contribution in [-0.4, -0.2) is 63.9 Å². The highest BCUT2D eigenvalue weighted by molar-refractivity contribution is 5.79. The number of hydrogen-bond donors (Lipinski definition) is 1. The van der Waals surface area contributed by atoms with Crippen molar-refractivity contribution in [2.45, 2.75) is 26.3 Å². The molecule has 0 aromatic heterocycles. The van der Waals surface area contributed by atoms with Crippen LogP contribution in [0.1, 0.15) is 20.3 Å². The predicted molar refractivity (Wildman–Crippen MR) is 75.1 cm³/mol. The fourth-order valence-electron chi connectivity index (χ4n) is 2.65. The van der Waals surface area contributed by atoms with Crippen LogP contribution in [0.25, 0.3) is 0 Å². The number of rotatable bonds is 7. The fraction of sp³-hybridized carbons (Fsp3) is 0.929. The minimum atomic E-state index is 0.0833. The summed E-state index contributed by atoms with van der Waals surface area (Å²) in [5.41, 5.74) is 0. The SMILES string of the molecule is COCCN(C(=O)C1CNCC(C)C1)C(C)COC. The van der Waals surface area contributed by atoms with Gasteiger partial charge in [-0.25, -0.2) is 0 Å². The topological polar surface area (TPSA) is 50.8 Å². The molecule has 112 valence electrons. The summed E-state index contributed by atoms with van der Waals surface area (Å²) in [6, 6.07) is 0.0879. The van der Waals surface area contributed by atoms with E-state index in [9.17, 15) is 4.79 Å². The molecule has 5 heteroatoms. The van der Waals surface area contributed by atoms with E-state index in [1.54, 1.807) is 14.2 Å². The Labute approximate surface area is 116 Å². The van der Waals surface area contributed by atoms with E-state index in [2.05, 4.69) is 12.2 Å². The van der Waals surface area contributed by atoms with E-state index in [4.69, 9.17) is 9.47 Å². The van der Waals surface area contributed by atoms with Gasteiger partial charge in [0.1, 0.15) is 0 Å². The van der Waals surface area contributed by atoms with Gasteiger partial charge in [-0.15, -0.1) is 0 Å². The molecule has 5 nitrogen and oxygen atoms in total. The fourth-order valence-corrected chi connectivity index (χ4v) is 2.65. The van der Waals surface area contributed by atoms with E-state index < -0.39 is 0 Å². The third-order valence-corrected chi connectivity index (χ3v) is 3.68. The molecular formula is C14H28N2O3. The maximum absolute atomic E-state index is 12.6. The molecule has 19 heavy (non-hydrogen) atoms. The Bertz CT molecular complexity index is 273. The van der Waals surface area contributed by atoms with E-state index >= 15 is 0 Å². The van der Waals surface area contributed by atoms with Crippen molar-refractivity contribution in [3.8, 4) is 0 Å². The summed E-state index contributed by atoms with van der Waals surface area (Å²) in [4.78, 5) is 14.5. The monoisotopic (exact) mass is 272 g/mol. The molecule has 3 atom stereocenters. The van der Waals surface area contributed by atoms with E-state index in [-0.39, 0.29) is 17.9 Å². The Balaban J connectivity index is 2.63. The van der Waals surface area contributed by atoms with Crippen LogP contribution >= 0.6 is 0 Å². The quantitative estimate of drug-likeness (QED) is 0.743. The lowest BCUT2D eigenvalue weighted by Gasteiger charge is -2.35. The molecule has 1 fully saturated rings. The summed E-state index contributed by atoms with van der Waals surface area (Å²) in [6.45, 7) is 7.76. The van der Waals surface area contributed by atoms with Gasteiger partial charge in [0.2, 0.25) is 5.91 Å². The number of methoxy groups -OCH3 is 2. The molecule has 1 aliphatic rings. The minimum absolute atomic E-state index is 0.0833. The molecule has 1 saturated heterocycles. The Kier molecular flexibility index (Phi) is 7.34. The summed E-state index contributed by atoms with van der Waals surface area (Å²) >= 11 is 0. The number of nitrogens with zero attached hydrogens (tertiary/aromatic N) is 1. The van der Waals surface area contributed by atoms with E-state index in [0.717, 1.165) is 19.5 Å². The van der Waals surface area contributed by atoms with Crippen LogP contribution < -0.4 is 5.32 Å². The summed E-state index contributed by atoms with van der Waals surface area (Å²) in [5.74, 6) is 0.866. The average molecular weight is 272 g/mol. The van der Waals surface area contributed by atoms with Gasteiger partial charge >= 0.3 is 0 Å². The number of piperidine rings is 1. The third-order valence-electron chi connectivity index (χ3n) is 3.68. The Morgan fingerprint density at radius 3 is 2.68 bits per heavy atom. The maximum Gasteiger partial charge on any atom is 0.227 e. The van der Waals surface area contributed by atoms with Gasteiger partial charge in [0.05, 0.1) is 25.2 Å². The van der Waals surface area contributed by atoms with Gasteiger partial charge in [0.25, 0.3) is 0 Å². The van der Waals surface area contributed by atoms with Crippen LogP contribution in [-0.2, 0) is 14.3 Å². The van der Waals surface area contributed by atoms with Gasteiger partial charge in [-0.1, -0.05) is 6.92 Å². The Hall–Kier alpha value is -0.650. The number of ether oxygens (including phenoxy) is 2. The molecule has 0 aromatic rings. The first kappa shape index (κ1) is 16.4. The minimum Gasteiger partial charge on any atom is -0.383 e. The van der Waals surface area contributed by atoms with E-state index in [1.807, 2.05) is 11.8 Å². The molecule has 0 radical (unpaired) electrons. The second-order valence-corrected chi connectivity index (χ2v) is 5.52. The average Bonchev–Trinajstić information content (AvgIpc) is 2.39. The molecule has 0 saturated carbocycles. The standard InChI is InChI=1S/C14H28N2O3/c1-11-7-13(9-15-8-11)14(17)16(5-6-18-3)12(2)10-19-4/h11-13,15H,5-10H2,1-4H3. The lowest BCUT2D eigenvalue weighted by molar-refractivity contribution is -0.140. The highest BCUT2D eigenvalue weighted by atomic mass is 16.5. The molecule has 1 N–H and O–H groups in total. The normalized spacial score (nSPS) is 25.1. The first-order chi connectivity index (χ1) is 9.10. The van der Waals surface area contributed by atoms with Gasteiger partial charge < -0.3 is 19.7 Å². The van der Waals surface area contributed by atoms with E-state index in [1.165, 1.54) is 0 Å². The van der Waals surface area contributed by atoms with Gasteiger partial charge in [-0.3, -0.25) is 4.79 Å². The number of carbonyl (C=O) groups is 1. The Morgan fingerprint density at radius 2 is 2.11 bits per heavy atom. The van der Waals surface area contributed by atoms with Crippen molar-refractivity contribution in [1.82, 2.24) is 10.2 Å². The lowest BCUT2D eigenvalue weighted by atomic mass is 9.90. The van der Waals surface area contributed by atoms with Crippen LogP contribution in [0, 0.1) is 11.8 Å². The molecule has 1 amide bonds. The van der Waals surface area contributed by atoms with Crippen molar-refractivity contribution in [1.29, 1.82) is 0 Å². The highest BCUT2D eigenvalue weighted by Crippen LogP contribution is 2.19. The van der Waals surface area contributed by atoms with Crippen LogP contribution in [0.2, 0.25) is 0 Å². The summed E-state index contributed by atoms with van der Waals surface area (Å²) in [6.07, 6.45) is 0.967. The van der Waals surface area contributed by atoms with Crippen LogP contribution in [0.3, 0.4) is 0 Å². The number of hydrogen-bond acceptors (Lipinski definition) is 4. The largest absolute Gasteiger partial charge is 0.383 e. The lowest BCUT2D eigenvalue weighted by Crippen LogP contribution is -2.50. The van der Waals surface area contributed by atoms with Crippen LogP contribution in [0.5, 0.6) is 0 Å². The molecule has 1 rings (SSSR count). The van der Waals surface area contributed by atoms with Crippen molar-refractivity contribution in [2.75, 3.05) is 47.1 Å². The van der Waals surface area contributed by atoms with Crippen LogP contribution in [0.15, 0.2) is 0 Å². The molecule has 0 spiro atoms. The van der Waals surface area contributed by atoms with Crippen molar-refractivity contribution in [2.24, 2.45) is 11.8 Å². The third kappa shape index (κ3) is 5.09. The maximum atomic E-state index is 12.6. The molecule has 0 aliphatic carbocycles. The highest BCUT2D eigenvalue weighted by Gasteiger charge is 2.30. The molecule has 0 aromatic carbocycles. The molecule has 3 unspecified atom stereocenters. The molecule has 1 heterocycles. The van der Waals surface area contributed by atoms with Crippen LogP contribution in [0.4, 0.5) is 0 Å². The summed E-state index contributed by atoms with van der Waals surface area (Å²) in [7, 11) is 3.33. The molecule has 1 aliphatic heterocycles. The number of nitrogens with one attached hydrogen (secondary N) is 1. The van der Waals surface area contributed by atoms with Gasteiger partial charge in [0, 0.05) is 27.3 Å². The second-order valence-electron chi connectivity index (χ2n) is 5.52. The smallest absolute Gasteiger partial charge is 0.227 e. The predicted octanol–water partition coefficient (Wildman–Crippen LogP) is 0.742. The zero-order valence-electron chi connectivity index (χ0n) is 12.6. The zero-order chi connectivity index (χ0) is 14.3. The van der Waals surface area contributed by atoms with Gasteiger partial charge in [0.15, 0.2) is 0 Å². The van der Waals surface area contributed by atoms with Crippen molar-refractivity contribution >= 4 is 5.91 Å². The summed E-state index contributed by atoms with van der Waals surface area (Å²) in [5, 5.41) is 3.34. The van der Waals surface area contributed by atoms with E-state index in [0.29, 0.717) is 25.7 Å². The second kappa shape index (κ2) is 8.51. The van der Waals surface area contributed by atoms with Crippen molar-refractivity contribution < 1.29 is 14.3 Å². The Morgan fingerprint density at radius 1 is 1.37 bits per heavy atom. The number of amides is 1. The molecular weight excluding hydrogens is 244 g/mol. The van der Waals surface area contributed by atoms with Gasteiger partial charge in [-0.05, 0) is 25.8 Å². The molecule has 0 bridgehead atoms. The first-order valence-corrected chi connectivity index (χ1v) is 7.09. The zero-order valence-corrected chi connectivity index (χ0v) is 12.6. The summed E-state index contributed by atoms with van der Waals surface area (Å²) < 4.78 is 10.3.